The van der Waals surface area contributed by atoms with Gasteiger partial charge in [-0.1, -0.05) is 0 Å². The van der Waals surface area contributed by atoms with Gasteiger partial charge in [-0.3, -0.25) is 0 Å². The highest BCUT2D eigenvalue weighted by Gasteiger charge is 2.20. The molecule has 1 saturated heterocycles. The van der Waals surface area contributed by atoms with Gasteiger partial charge in [0, 0.05) is 6.20 Å². The minimum absolute atomic E-state index is 0.0540. The maximum absolute atomic E-state index is 10.8. The fraction of sp³-hybridized carbons (Fsp3) is 0.500. The molecule has 0 saturated carbocycles. The third-order valence-corrected chi connectivity index (χ3v) is 3.33. The second-order valence-corrected chi connectivity index (χ2v) is 4.59. The molecular weight excluding hydrogens is 218 g/mol. The Balaban J connectivity index is 2.17. The number of hydrogen-bond acceptors (Lipinski definition) is 4. The lowest BCUT2D eigenvalue weighted by Crippen LogP contribution is -2.29. The first-order chi connectivity index (χ1) is 8.08. The fourth-order valence-electron chi connectivity index (χ4n) is 2.24. The van der Waals surface area contributed by atoms with Crippen LogP contribution >= 0.6 is 0 Å². The van der Waals surface area contributed by atoms with Crippen molar-refractivity contribution in [3.05, 3.63) is 23.5 Å². The average molecular weight is 235 g/mol. The lowest BCUT2D eigenvalue weighted by Gasteiger charge is -2.29. The van der Waals surface area contributed by atoms with Gasteiger partial charge in [0.25, 0.3) is 0 Å². The molecule has 0 unspecified atom stereocenters. The quantitative estimate of drug-likeness (QED) is 0.804. The van der Waals surface area contributed by atoms with Crippen molar-refractivity contribution >= 4 is 11.7 Å². The van der Waals surface area contributed by atoms with Crippen LogP contribution in [0.2, 0.25) is 0 Å². The standard InChI is InChI=1S/C12H17N3O2/c1-15-4-2-8(3-5-15)9-6-10(13)11(12(16)17)14-7-9/h6-8H,2-5,13H2,1H3,(H,16,17). The third kappa shape index (κ3) is 2.55. The maximum atomic E-state index is 10.8. The van der Waals surface area contributed by atoms with E-state index in [0.717, 1.165) is 31.5 Å². The number of piperidine rings is 1. The molecule has 0 spiro atoms. The smallest absolute Gasteiger partial charge is 0.356 e. The summed E-state index contributed by atoms with van der Waals surface area (Å²) in [6.45, 7) is 2.12. The monoisotopic (exact) mass is 235 g/mol. The Bertz CT molecular complexity index is 426. The first kappa shape index (κ1) is 11.9. The van der Waals surface area contributed by atoms with E-state index in [9.17, 15) is 4.79 Å². The number of aromatic carboxylic acids is 1. The van der Waals surface area contributed by atoms with Gasteiger partial charge in [-0.05, 0) is 50.5 Å². The molecule has 1 aliphatic rings. The summed E-state index contributed by atoms with van der Waals surface area (Å²) in [5.74, 6) is -0.624. The highest BCUT2D eigenvalue weighted by molar-refractivity contribution is 5.91. The van der Waals surface area contributed by atoms with Gasteiger partial charge in [0.2, 0.25) is 0 Å². The van der Waals surface area contributed by atoms with E-state index in [1.165, 1.54) is 0 Å². The maximum Gasteiger partial charge on any atom is 0.356 e. The number of anilines is 1. The van der Waals surface area contributed by atoms with Crippen LogP contribution in [0, 0.1) is 0 Å². The van der Waals surface area contributed by atoms with Gasteiger partial charge in [0.1, 0.15) is 0 Å². The number of likely N-dealkylation sites (tertiary alicyclic amines) is 1. The van der Waals surface area contributed by atoms with Crippen LogP contribution in [0.4, 0.5) is 5.69 Å². The molecule has 0 aliphatic carbocycles. The first-order valence-electron chi connectivity index (χ1n) is 5.75. The second-order valence-electron chi connectivity index (χ2n) is 4.59. The summed E-state index contributed by atoms with van der Waals surface area (Å²) in [5, 5.41) is 8.85. The molecule has 1 aromatic heterocycles. The van der Waals surface area contributed by atoms with Crippen molar-refractivity contribution in [1.82, 2.24) is 9.88 Å². The molecule has 92 valence electrons. The largest absolute Gasteiger partial charge is 0.476 e. The SMILES string of the molecule is CN1CCC(c2cnc(C(=O)O)c(N)c2)CC1. The molecule has 0 amide bonds. The zero-order valence-corrected chi connectivity index (χ0v) is 9.89. The van der Waals surface area contributed by atoms with E-state index in [4.69, 9.17) is 10.8 Å². The van der Waals surface area contributed by atoms with Crippen LogP contribution in [0.5, 0.6) is 0 Å². The average Bonchev–Trinajstić information content (AvgIpc) is 2.29. The summed E-state index contributed by atoms with van der Waals surface area (Å²) in [6, 6.07) is 1.76. The van der Waals surface area contributed by atoms with Crippen LogP contribution < -0.4 is 5.73 Å². The van der Waals surface area contributed by atoms with Crippen molar-refractivity contribution in [3.8, 4) is 0 Å². The third-order valence-electron chi connectivity index (χ3n) is 3.33. The number of pyridine rings is 1. The van der Waals surface area contributed by atoms with E-state index in [1.807, 2.05) is 0 Å². The molecule has 0 aromatic carbocycles. The van der Waals surface area contributed by atoms with E-state index in [1.54, 1.807) is 12.3 Å². The van der Waals surface area contributed by atoms with Crippen molar-refractivity contribution in [2.45, 2.75) is 18.8 Å². The second kappa shape index (κ2) is 4.71. The minimum atomic E-state index is -1.07. The molecular formula is C12H17N3O2. The molecule has 3 N–H and O–H groups in total. The molecule has 2 rings (SSSR count). The molecule has 1 aliphatic heterocycles. The summed E-state index contributed by atoms with van der Waals surface area (Å²) in [4.78, 5) is 17.0. The Labute approximate surface area is 100 Å². The fourth-order valence-corrected chi connectivity index (χ4v) is 2.24. The molecule has 0 atom stereocenters. The molecule has 1 aromatic rings. The minimum Gasteiger partial charge on any atom is -0.476 e. The number of nitrogens with zero attached hydrogens (tertiary/aromatic N) is 2. The number of aromatic nitrogens is 1. The number of nitrogen functional groups attached to an aromatic ring is 1. The Morgan fingerprint density at radius 2 is 2.18 bits per heavy atom. The molecule has 2 heterocycles. The van der Waals surface area contributed by atoms with Gasteiger partial charge in [-0.25, -0.2) is 9.78 Å². The van der Waals surface area contributed by atoms with Gasteiger partial charge >= 0.3 is 5.97 Å². The van der Waals surface area contributed by atoms with E-state index in [-0.39, 0.29) is 11.4 Å². The summed E-state index contributed by atoms with van der Waals surface area (Å²) >= 11 is 0. The molecule has 17 heavy (non-hydrogen) atoms. The number of carboxylic acid groups (broad SMARTS) is 1. The summed E-state index contributed by atoms with van der Waals surface area (Å²) in [5.41, 5.74) is 6.96. The summed E-state index contributed by atoms with van der Waals surface area (Å²) in [7, 11) is 2.11. The Kier molecular flexibility index (Phi) is 3.28. The van der Waals surface area contributed by atoms with Crippen molar-refractivity contribution in [2.75, 3.05) is 25.9 Å². The van der Waals surface area contributed by atoms with Crippen molar-refractivity contribution in [2.24, 2.45) is 0 Å². The molecule has 5 heteroatoms. The van der Waals surface area contributed by atoms with Crippen LogP contribution in [-0.4, -0.2) is 41.1 Å². The Morgan fingerprint density at radius 1 is 1.53 bits per heavy atom. The number of nitrogens with two attached hydrogens (primary N) is 1. The number of carbonyl (C=O) groups is 1. The van der Waals surface area contributed by atoms with Crippen molar-refractivity contribution in [3.63, 3.8) is 0 Å². The van der Waals surface area contributed by atoms with E-state index in [2.05, 4.69) is 16.9 Å². The normalized spacial score (nSPS) is 18.2. The lowest BCUT2D eigenvalue weighted by molar-refractivity contribution is 0.0691. The van der Waals surface area contributed by atoms with Gasteiger partial charge < -0.3 is 15.7 Å². The molecule has 0 bridgehead atoms. The van der Waals surface area contributed by atoms with Crippen LogP contribution in [0.25, 0.3) is 0 Å². The van der Waals surface area contributed by atoms with Gasteiger partial charge in [-0.2, -0.15) is 0 Å². The van der Waals surface area contributed by atoms with E-state index < -0.39 is 5.97 Å². The molecule has 0 radical (unpaired) electrons. The van der Waals surface area contributed by atoms with Crippen LogP contribution in [-0.2, 0) is 0 Å². The number of rotatable bonds is 2. The van der Waals surface area contributed by atoms with E-state index >= 15 is 0 Å². The zero-order chi connectivity index (χ0) is 12.4. The topological polar surface area (TPSA) is 79.5 Å². The Hall–Kier alpha value is -1.62. The lowest BCUT2D eigenvalue weighted by atomic mass is 9.90. The molecule has 5 nitrogen and oxygen atoms in total. The van der Waals surface area contributed by atoms with Gasteiger partial charge in [0.15, 0.2) is 5.69 Å². The van der Waals surface area contributed by atoms with Crippen molar-refractivity contribution < 1.29 is 9.90 Å². The predicted molar refractivity (Wildman–Crippen MR) is 65.1 cm³/mol. The highest BCUT2D eigenvalue weighted by atomic mass is 16.4. The Morgan fingerprint density at radius 3 is 2.71 bits per heavy atom. The van der Waals surface area contributed by atoms with Gasteiger partial charge in [-0.15, -0.1) is 0 Å². The molecule has 1 fully saturated rings. The summed E-state index contributed by atoms with van der Waals surface area (Å²) in [6.07, 6.45) is 3.80. The number of carboxylic acids is 1. The zero-order valence-electron chi connectivity index (χ0n) is 9.89. The van der Waals surface area contributed by atoms with Crippen LogP contribution in [0.1, 0.15) is 34.8 Å². The van der Waals surface area contributed by atoms with E-state index in [0.29, 0.717) is 5.92 Å². The van der Waals surface area contributed by atoms with Gasteiger partial charge in [0.05, 0.1) is 5.69 Å². The van der Waals surface area contributed by atoms with Crippen molar-refractivity contribution in [1.29, 1.82) is 0 Å². The first-order valence-corrected chi connectivity index (χ1v) is 5.75. The van der Waals surface area contributed by atoms with Crippen LogP contribution in [0.15, 0.2) is 12.3 Å². The summed E-state index contributed by atoms with van der Waals surface area (Å²) < 4.78 is 0. The predicted octanol–water partition coefficient (Wildman–Crippen LogP) is 1.17. The van der Waals surface area contributed by atoms with Crippen LogP contribution in [0.3, 0.4) is 0 Å². The number of hydrogen-bond donors (Lipinski definition) is 2. The highest BCUT2D eigenvalue weighted by Crippen LogP contribution is 2.28.